The van der Waals surface area contributed by atoms with Crippen LogP contribution in [0.5, 0.6) is 0 Å². The zero-order chi connectivity index (χ0) is 27.8. The molecule has 0 heterocycles. The average molecular weight is 667 g/mol. The van der Waals surface area contributed by atoms with E-state index < -0.39 is 17.9 Å². The van der Waals surface area contributed by atoms with Gasteiger partial charge in [0.1, 0.15) is 0 Å². The maximum atomic E-state index is 10.8. The summed E-state index contributed by atoms with van der Waals surface area (Å²) in [6.45, 7) is 0. The maximum absolute atomic E-state index is 10.8. The molecule has 0 aliphatic carbocycles. The van der Waals surface area contributed by atoms with E-state index in [1.54, 1.807) is 36.4 Å². The number of hydrogen-bond donors (Lipinski definition) is 3. The van der Waals surface area contributed by atoms with Crippen molar-refractivity contribution in [3.8, 4) is 0 Å². The van der Waals surface area contributed by atoms with Crippen molar-refractivity contribution in [1.82, 2.24) is 0 Å². The van der Waals surface area contributed by atoms with Crippen LogP contribution in [0, 0.1) is 40.4 Å². The van der Waals surface area contributed by atoms with Crippen LogP contribution in [-0.2, 0) is 0 Å². The fourth-order valence-electron chi connectivity index (χ4n) is 4.24. The van der Waals surface area contributed by atoms with Crippen molar-refractivity contribution in [2.75, 3.05) is 0 Å². The van der Waals surface area contributed by atoms with Gasteiger partial charge in [-0.15, -0.1) is 0 Å². The minimum absolute atomic E-state index is 0. The number of fused-ring (bicyclic) bond motifs is 3. The quantitative estimate of drug-likeness (QED) is 0.179. The SMILES string of the molecule is O=C(O)c1cccc2ccccc12.O=C(O)c1cccc2ccccc12.O=C(O)c1cccc2ccccc12.[Sm]. The second kappa shape index (κ2) is 14.3. The molecule has 0 bridgehead atoms. The molecule has 0 aromatic heterocycles. The van der Waals surface area contributed by atoms with Crippen molar-refractivity contribution in [3.05, 3.63) is 144 Å². The molecule has 6 aromatic carbocycles. The normalized spacial score (nSPS) is 9.90. The van der Waals surface area contributed by atoms with Crippen LogP contribution in [0.15, 0.2) is 127 Å². The summed E-state index contributed by atoms with van der Waals surface area (Å²) in [4.78, 5) is 32.4. The van der Waals surface area contributed by atoms with Gasteiger partial charge in [0.2, 0.25) is 0 Å². The van der Waals surface area contributed by atoms with E-state index >= 15 is 0 Å². The first-order valence-electron chi connectivity index (χ1n) is 12.0. The molecule has 3 N–H and O–H groups in total. The van der Waals surface area contributed by atoms with Crippen LogP contribution in [0.1, 0.15) is 31.1 Å². The molecule has 6 rings (SSSR count). The van der Waals surface area contributed by atoms with E-state index in [1.165, 1.54) is 0 Å². The average Bonchev–Trinajstić information content (AvgIpc) is 2.96. The molecule has 0 aliphatic rings. The number of carboxylic acid groups (broad SMARTS) is 3. The second-order valence-electron chi connectivity index (χ2n) is 8.50. The molecule has 0 saturated carbocycles. The van der Waals surface area contributed by atoms with Gasteiger partial charge >= 0.3 is 17.9 Å². The molecule has 0 unspecified atom stereocenters. The molecule has 198 valence electrons. The molecule has 0 saturated heterocycles. The van der Waals surface area contributed by atoms with Gasteiger partial charge in [-0.05, 0) is 50.5 Å². The predicted octanol–water partition coefficient (Wildman–Crippen LogP) is 7.61. The van der Waals surface area contributed by atoms with Crippen molar-refractivity contribution in [2.45, 2.75) is 0 Å². The largest absolute Gasteiger partial charge is 0.478 e. The van der Waals surface area contributed by atoms with Gasteiger partial charge < -0.3 is 15.3 Å². The van der Waals surface area contributed by atoms with Crippen LogP contribution >= 0.6 is 0 Å². The summed E-state index contributed by atoms with van der Waals surface area (Å²) in [6, 6.07) is 38.2. The Morgan fingerprint density at radius 3 is 0.825 bits per heavy atom. The van der Waals surface area contributed by atoms with Crippen molar-refractivity contribution in [2.24, 2.45) is 0 Å². The summed E-state index contributed by atoms with van der Waals surface area (Å²) in [5.41, 5.74) is 1.08. The predicted molar refractivity (Wildman–Crippen MR) is 153 cm³/mol. The van der Waals surface area contributed by atoms with Crippen molar-refractivity contribution in [3.63, 3.8) is 0 Å². The van der Waals surface area contributed by atoms with Gasteiger partial charge in [-0.2, -0.15) is 0 Å². The summed E-state index contributed by atoms with van der Waals surface area (Å²) >= 11 is 0. The first-order valence-corrected chi connectivity index (χ1v) is 12.0. The Morgan fingerprint density at radius 2 is 0.575 bits per heavy atom. The Balaban J connectivity index is 0.000000163. The number of benzene rings is 6. The van der Waals surface area contributed by atoms with Crippen LogP contribution in [0.4, 0.5) is 0 Å². The number of hydrogen-bond acceptors (Lipinski definition) is 3. The third-order valence-corrected chi connectivity index (χ3v) is 6.06. The smallest absolute Gasteiger partial charge is 0.336 e. The summed E-state index contributed by atoms with van der Waals surface area (Å²) in [5.74, 6) is -2.63. The Hall–Kier alpha value is -4.15. The first kappa shape index (κ1) is 30.4. The van der Waals surface area contributed by atoms with Gasteiger partial charge in [-0.25, -0.2) is 14.4 Å². The Bertz CT molecular complexity index is 1580. The topological polar surface area (TPSA) is 112 Å². The molecule has 0 atom stereocenters. The zero-order valence-corrected chi connectivity index (χ0v) is 23.7. The molecule has 6 aromatic rings. The van der Waals surface area contributed by atoms with Crippen LogP contribution < -0.4 is 0 Å². The Morgan fingerprint density at radius 1 is 0.350 bits per heavy atom. The molecule has 0 aliphatic heterocycles. The van der Waals surface area contributed by atoms with Gasteiger partial charge in [0.25, 0.3) is 0 Å². The van der Waals surface area contributed by atoms with Crippen LogP contribution in [0.25, 0.3) is 32.3 Å². The van der Waals surface area contributed by atoms with E-state index in [2.05, 4.69) is 0 Å². The Kier molecular flexibility index (Phi) is 10.9. The summed E-state index contributed by atoms with van der Waals surface area (Å²) in [6.07, 6.45) is 0. The second-order valence-corrected chi connectivity index (χ2v) is 8.50. The third-order valence-electron chi connectivity index (χ3n) is 6.06. The number of aromatic carboxylic acids is 3. The Labute approximate surface area is 262 Å². The number of rotatable bonds is 3. The van der Waals surface area contributed by atoms with E-state index in [4.69, 9.17) is 15.3 Å². The van der Waals surface area contributed by atoms with Gasteiger partial charge in [0, 0.05) is 40.4 Å². The van der Waals surface area contributed by atoms with E-state index in [0.717, 1.165) is 32.3 Å². The molecule has 40 heavy (non-hydrogen) atoms. The molecular weight excluding hydrogens is 643 g/mol. The van der Waals surface area contributed by atoms with Crippen LogP contribution in [0.2, 0.25) is 0 Å². The number of carboxylic acids is 3. The fourth-order valence-corrected chi connectivity index (χ4v) is 4.24. The van der Waals surface area contributed by atoms with Crippen molar-refractivity contribution < 1.29 is 70.1 Å². The molecule has 0 spiro atoms. The maximum Gasteiger partial charge on any atom is 0.336 e. The first-order chi connectivity index (χ1) is 18.9. The molecule has 7 heteroatoms. The molecule has 0 fully saturated rings. The summed E-state index contributed by atoms with van der Waals surface area (Å²) in [7, 11) is 0. The van der Waals surface area contributed by atoms with Gasteiger partial charge in [0.15, 0.2) is 0 Å². The minimum Gasteiger partial charge on any atom is -0.478 e. The zero-order valence-electron chi connectivity index (χ0n) is 21.1. The van der Waals surface area contributed by atoms with Crippen molar-refractivity contribution >= 4 is 50.2 Å². The molecular formula is C33H24O6Sm. The van der Waals surface area contributed by atoms with Gasteiger partial charge in [-0.1, -0.05) is 109 Å². The van der Waals surface area contributed by atoms with E-state index in [0.29, 0.717) is 16.7 Å². The van der Waals surface area contributed by atoms with E-state index in [-0.39, 0.29) is 40.4 Å². The third kappa shape index (κ3) is 7.28. The monoisotopic (exact) mass is 668 g/mol. The van der Waals surface area contributed by atoms with E-state index in [1.807, 2.05) is 91.0 Å². The minimum atomic E-state index is -0.878. The van der Waals surface area contributed by atoms with Gasteiger partial charge in [-0.3, -0.25) is 0 Å². The molecule has 0 radical (unpaired) electrons. The van der Waals surface area contributed by atoms with Crippen LogP contribution in [-0.4, -0.2) is 33.2 Å². The van der Waals surface area contributed by atoms with Crippen molar-refractivity contribution in [1.29, 1.82) is 0 Å². The molecule has 6 nitrogen and oxygen atoms in total. The standard InChI is InChI=1S/3C11H8O2.Sm/c3*12-11(13)10-7-3-5-8-4-1-2-6-9(8)10;/h3*1-7H,(H,12,13);. The van der Waals surface area contributed by atoms with E-state index in [9.17, 15) is 14.4 Å². The summed E-state index contributed by atoms with van der Waals surface area (Å²) < 4.78 is 0. The van der Waals surface area contributed by atoms with Crippen LogP contribution in [0.3, 0.4) is 0 Å². The molecule has 0 amide bonds. The number of carbonyl (C=O) groups is 3. The summed E-state index contributed by atoms with van der Waals surface area (Å²) in [5, 5.41) is 31.9. The van der Waals surface area contributed by atoms with Gasteiger partial charge in [0.05, 0.1) is 16.7 Å². The fraction of sp³-hybridized carbons (Fsp3) is 0.